The van der Waals surface area contributed by atoms with Crippen LogP contribution in [0.4, 0.5) is 4.79 Å². The van der Waals surface area contributed by atoms with E-state index < -0.39 is 11.6 Å². The number of nitrogens with zero attached hydrogens (tertiary/aromatic N) is 1. The van der Waals surface area contributed by atoms with Gasteiger partial charge < -0.3 is 14.6 Å². The van der Waals surface area contributed by atoms with Crippen molar-refractivity contribution < 1.29 is 19.4 Å². The topological polar surface area (TPSA) is 66.8 Å². The highest BCUT2D eigenvalue weighted by atomic mass is 16.5. The molecule has 0 aromatic rings. The number of hydrogen-bond acceptors (Lipinski definition) is 3. The molecule has 15 heavy (non-hydrogen) atoms. The lowest BCUT2D eigenvalue weighted by Gasteiger charge is -2.31. The molecule has 1 saturated heterocycles. The molecule has 1 N–H and O–H groups in total. The van der Waals surface area contributed by atoms with Gasteiger partial charge in [-0.25, -0.2) is 4.79 Å². The van der Waals surface area contributed by atoms with Crippen LogP contribution in [0.15, 0.2) is 0 Å². The Labute approximate surface area is 89.0 Å². The molecule has 0 radical (unpaired) electrons. The third-order valence-corrected chi connectivity index (χ3v) is 2.65. The fourth-order valence-electron chi connectivity index (χ4n) is 1.80. The maximum atomic E-state index is 11.1. The zero-order valence-corrected chi connectivity index (χ0v) is 9.10. The first-order valence-corrected chi connectivity index (χ1v) is 5.10. The smallest absolute Gasteiger partial charge is 0.408 e. The van der Waals surface area contributed by atoms with Crippen molar-refractivity contribution in [3.8, 4) is 0 Å². The number of carbonyl (C=O) groups excluding carboxylic acids is 1. The Balaban J connectivity index is 2.73. The molecule has 1 unspecified atom stereocenters. The van der Waals surface area contributed by atoms with Gasteiger partial charge >= 0.3 is 6.09 Å². The Morgan fingerprint density at radius 1 is 1.67 bits per heavy atom. The monoisotopic (exact) mass is 215 g/mol. The van der Waals surface area contributed by atoms with Gasteiger partial charge in [-0.15, -0.1) is 0 Å². The molecule has 1 fully saturated rings. The van der Waals surface area contributed by atoms with Gasteiger partial charge in [0.1, 0.15) is 11.8 Å². The summed E-state index contributed by atoms with van der Waals surface area (Å²) in [6.45, 7) is 4.28. The average Bonchev–Trinajstić information content (AvgIpc) is 2.59. The second-order valence-corrected chi connectivity index (χ2v) is 4.12. The van der Waals surface area contributed by atoms with Gasteiger partial charge in [-0.3, -0.25) is 4.90 Å². The maximum Gasteiger partial charge on any atom is 0.408 e. The van der Waals surface area contributed by atoms with Gasteiger partial charge in [-0.1, -0.05) is 0 Å². The number of carboxylic acid groups (broad SMARTS) is 1. The Hall–Kier alpha value is -1.10. The molecule has 5 nitrogen and oxygen atoms in total. The normalized spacial score (nSPS) is 25.9. The SMILES string of the molecule is CC(C)OCC1(C=O)CCCN1C(=O)O. The van der Waals surface area contributed by atoms with Crippen molar-refractivity contribution in [2.75, 3.05) is 13.2 Å². The van der Waals surface area contributed by atoms with E-state index >= 15 is 0 Å². The van der Waals surface area contributed by atoms with E-state index in [9.17, 15) is 9.59 Å². The summed E-state index contributed by atoms with van der Waals surface area (Å²) in [5, 5.41) is 8.96. The summed E-state index contributed by atoms with van der Waals surface area (Å²) in [5.41, 5.74) is -0.962. The minimum absolute atomic E-state index is 0.00179. The van der Waals surface area contributed by atoms with Gasteiger partial charge in [0.15, 0.2) is 0 Å². The van der Waals surface area contributed by atoms with Gasteiger partial charge in [-0.2, -0.15) is 0 Å². The lowest BCUT2D eigenvalue weighted by atomic mass is 10.00. The largest absolute Gasteiger partial charge is 0.465 e. The van der Waals surface area contributed by atoms with Gasteiger partial charge in [0, 0.05) is 6.54 Å². The van der Waals surface area contributed by atoms with Gasteiger partial charge in [0.2, 0.25) is 0 Å². The molecule has 0 aliphatic carbocycles. The molecule has 1 rings (SSSR count). The Morgan fingerprint density at radius 2 is 2.33 bits per heavy atom. The van der Waals surface area contributed by atoms with Crippen molar-refractivity contribution >= 4 is 12.4 Å². The van der Waals surface area contributed by atoms with Crippen molar-refractivity contribution in [2.24, 2.45) is 0 Å². The zero-order valence-electron chi connectivity index (χ0n) is 9.10. The number of amides is 1. The van der Waals surface area contributed by atoms with Crippen LogP contribution < -0.4 is 0 Å². The highest BCUT2D eigenvalue weighted by Gasteiger charge is 2.44. The minimum Gasteiger partial charge on any atom is -0.465 e. The minimum atomic E-state index is -1.05. The number of carbonyl (C=O) groups is 2. The Kier molecular flexibility index (Phi) is 3.68. The van der Waals surface area contributed by atoms with Crippen molar-refractivity contribution in [2.45, 2.75) is 38.3 Å². The molecule has 1 aliphatic rings. The molecule has 5 heteroatoms. The van der Waals surface area contributed by atoms with E-state index in [1.54, 1.807) is 0 Å². The molecule has 0 bridgehead atoms. The van der Waals surface area contributed by atoms with Crippen molar-refractivity contribution in [3.05, 3.63) is 0 Å². The first kappa shape index (κ1) is 12.0. The molecule has 0 spiro atoms. The predicted molar refractivity (Wildman–Crippen MR) is 53.8 cm³/mol. The van der Waals surface area contributed by atoms with E-state index in [-0.39, 0.29) is 12.7 Å². The van der Waals surface area contributed by atoms with Gasteiger partial charge in [0.25, 0.3) is 0 Å². The van der Waals surface area contributed by atoms with Crippen molar-refractivity contribution in [1.29, 1.82) is 0 Å². The van der Waals surface area contributed by atoms with Crippen molar-refractivity contribution in [3.63, 3.8) is 0 Å². The predicted octanol–water partition coefficient (Wildman–Crippen LogP) is 1.12. The number of hydrogen-bond donors (Lipinski definition) is 1. The van der Waals surface area contributed by atoms with Crippen LogP contribution in [0, 0.1) is 0 Å². The van der Waals surface area contributed by atoms with Crippen LogP contribution in [-0.2, 0) is 9.53 Å². The number of likely N-dealkylation sites (tertiary alicyclic amines) is 1. The van der Waals surface area contributed by atoms with Crippen LogP contribution in [0.3, 0.4) is 0 Å². The zero-order chi connectivity index (χ0) is 11.5. The second-order valence-electron chi connectivity index (χ2n) is 4.12. The number of ether oxygens (including phenoxy) is 1. The summed E-state index contributed by atoms with van der Waals surface area (Å²) < 4.78 is 5.36. The summed E-state index contributed by atoms with van der Waals surface area (Å²) in [6, 6.07) is 0. The van der Waals surface area contributed by atoms with Crippen LogP contribution in [0.5, 0.6) is 0 Å². The summed E-state index contributed by atoms with van der Waals surface area (Å²) >= 11 is 0. The van der Waals surface area contributed by atoms with Gasteiger partial charge in [0.05, 0.1) is 12.7 Å². The lowest BCUT2D eigenvalue weighted by molar-refractivity contribution is -0.120. The standard InChI is InChI=1S/C10H17NO4/c1-8(2)15-7-10(6-12)4-3-5-11(10)9(13)14/h6,8H,3-5,7H2,1-2H3,(H,13,14). The van der Waals surface area contributed by atoms with Crippen LogP contribution >= 0.6 is 0 Å². The fraction of sp³-hybridized carbons (Fsp3) is 0.800. The van der Waals surface area contributed by atoms with Crippen LogP contribution in [0.1, 0.15) is 26.7 Å². The lowest BCUT2D eigenvalue weighted by Crippen LogP contribution is -2.51. The Morgan fingerprint density at radius 3 is 2.80 bits per heavy atom. The molecule has 0 saturated carbocycles. The fourth-order valence-corrected chi connectivity index (χ4v) is 1.80. The molecule has 0 aromatic heterocycles. The third-order valence-electron chi connectivity index (χ3n) is 2.65. The summed E-state index contributed by atoms with van der Waals surface area (Å²) in [4.78, 5) is 23.2. The first-order chi connectivity index (χ1) is 7.02. The summed E-state index contributed by atoms with van der Waals surface area (Å²) in [7, 11) is 0. The molecular weight excluding hydrogens is 198 g/mol. The summed E-state index contributed by atoms with van der Waals surface area (Å²) in [5.74, 6) is 0. The van der Waals surface area contributed by atoms with Gasteiger partial charge in [-0.05, 0) is 26.7 Å². The van der Waals surface area contributed by atoms with E-state index in [2.05, 4.69) is 0 Å². The van der Waals surface area contributed by atoms with Crippen molar-refractivity contribution in [1.82, 2.24) is 4.90 Å². The quantitative estimate of drug-likeness (QED) is 0.714. The molecule has 1 aliphatic heterocycles. The molecule has 1 atom stereocenters. The van der Waals surface area contributed by atoms with Crippen LogP contribution in [0.2, 0.25) is 0 Å². The highest BCUT2D eigenvalue weighted by Crippen LogP contribution is 2.28. The number of aldehydes is 1. The van der Waals surface area contributed by atoms with E-state index in [1.165, 1.54) is 4.90 Å². The third kappa shape index (κ3) is 2.47. The molecule has 1 amide bonds. The maximum absolute atomic E-state index is 11.1. The van der Waals surface area contributed by atoms with Crippen LogP contribution in [0.25, 0.3) is 0 Å². The summed E-state index contributed by atoms with van der Waals surface area (Å²) in [6.07, 6.45) is 0.920. The van der Waals surface area contributed by atoms with E-state index in [0.29, 0.717) is 25.7 Å². The molecule has 86 valence electrons. The Bertz CT molecular complexity index is 254. The van der Waals surface area contributed by atoms with E-state index in [0.717, 1.165) is 0 Å². The molecular formula is C10H17NO4. The highest BCUT2D eigenvalue weighted by molar-refractivity contribution is 5.76. The number of rotatable bonds is 4. The van der Waals surface area contributed by atoms with E-state index in [4.69, 9.17) is 9.84 Å². The van der Waals surface area contributed by atoms with E-state index in [1.807, 2.05) is 13.8 Å². The second kappa shape index (κ2) is 4.61. The molecule has 0 aromatic carbocycles. The molecule has 1 heterocycles. The first-order valence-electron chi connectivity index (χ1n) is 5.10. The van der Waals surface area contributed by atoms with Crippen LogP contribution in [-0.4, -0.2) is 47.2 Å². The average molecular weight is 215 g/mol.